The van der Waals surface area contributed by atoms with E-state index in [4.69, 9.17) is 5.11 Å². The molecule has 0 aromatic heterocycles. The number of rotatable bonds is 5. The summed E-state index contributed by atoms with van der Waals surface area (Å²) in [6, 6.07) is -0.0615. The number of likely N-dealkylation sites (tertiary alicyclic amines) is 1. The molecule has 5 nitrogen and oxygen atoms in total. The lowest BCUT2D eigenvalue weighted by Gasteiger charge is -2.35. The van der Waals surface area contributed by atoms with Crippen molar-refractivity contribution in [2.45, 2.75) is 58.4 Å². The van der Waals surface area contributed by atoms with E-state index in [2.05, 4.69) is 12.2 Å². The van der Waals surface area contributed by atoms with Gasteiger partial charge in [0.25, 0.3) is 0 Å². The van der Waals surface area contributed by atoms with Crippen LogP contribution in [0.3, 0.4) is 0 Å². The molecule has 110 valence electrons. The van der Waals surface area contributed by atoms with Crippen molar-refractivity contribution < 1.29 is 14.7 Å². The van der Waals surface area contributed by atoms with Crippen LogP contribution in [0.1, 0.15) is 52.9 Å². The maximum atomic E-state index is 12.2. The molecule has 1 rings (SSSR count). The van der Waals surface area contributed by atoms with Crippen molar-refractivity contribution in [1.82, 2.24) is 10.2 Å². The smallest absolute Gasteiger partial charge is 0.317 e. The number of carboxylic acid groups (broad SMARTS) is 1. The molecule has 0 aromatic carbocycles. The van der Waals surface area contributed by atoms with Crippen molar-refractivity contribution in [2.75, 3.05) is 13.1 Å². The number of piperidine rings is 1. The van der Waals surface area contributed by atoms with E-state index in [0.29, 0.717) is 12.3 Å². The summed E-state index contributed by atoms with van der Waals surface area (Å²) in [5, 5.41) is 11.7. The Hall–Kier alpha value is -1.26. The first-order chi connectivity index (χ1) is 8.84. The lowest BCUT2D eigenvalue weighted by Crippen LogP contribution is -2.52. The van der Waals surface area contributed by atoms with Gasteiger partial charge in [-0.2, -0.15) is 0 Å². The average Bonchev–Trinajstić information content (AvgIpc) is 2.36. The van der Waals surface area contributed by atoms with Crippen molar-refractivity contribution >= 4 is 12.0 Å². The largest absolute Gasteiger partial charge is 0.481 e. The molecule has 0 saturated carbocycles. The maximum absolute atomic E-state index is 12.2. The van der Waals surface area contributed by atoms with Crippen molar-refractivity contribution in [3.05, 3.63) is 0 Å². The Bertz CT molecular complexity index is 329. The van der Waals surface area contributed by atoms with Crippen LogP contribution in [0.4, 0.5) is 4.79 Å². The summed E-state index contributed by atoms with van der Waals surface area (Å²) < 4.78 is 0. The molecule has 1 atom stereocenters. The van der Waals surface area contributed by atoms with Crippen molar-refractivity contribution in [3.63, 3.8) is 0 Å². The molecule has 1 unspecified atom stereocenters. The van der Waals surface area contributed by atoms with Crippen molar-refractivity contribution in [1.29, 1.82) is 0 Å². The predicted octanol–water partition coefficient (Wildman–Crippen LogP) is 2.46. The molecule has 2 N–H and O–H groups in total. The van der Waals surface area contributed by atoms with E-state index in [1.165, 1.54) is 6.42 Å². The zero-order valence-corrected chi connectivity index (χ0v) is 12.2. The topological polar surface area (TPSA) is 69.6 Å². The fourth-order valence-corrected chi connectivity index (χ4v) is 2.43. The van der Waals surface area contributed by atoms with Crippen LogP contribution in [0.25, 0.3) is 0 Å². The second-order valence-electron chi connectivity index (χ2n) is 6.07. The molecule has 2 amide bonds. The number of carbonyl (C=O) groups excluding carboxylic acids is 1. The van der Waals surface area contributed by atoms with Gasteiger partial charge in [0.2, 0.25) is 0 Å². The van der Waals surface area contributed by atoms with Crippen LogP contribution < -0.4 is 5.32 Å². The first-order valence-corrected chi connectivity index (χ1v) is 7.13. The number of nitrogens with one attached hydrogen (secondary N) is 1. The summed E-state index contributed by atoms with van der Waals surface area (Å²) in [6.07, 6.45) is 3.88. The van der Waals surface area contributed by atoms with E-state index in [-0.39, 0.29) is 12.5 Å². The normalized spacial score (nSPS) is 20.2. The SMILES string of the molecule is CCC1CCCN(C(=O)NC(C)(C)CCC(=O)O)C1. The molecule has 1 saturated heterocycles. The minimum absolute atomic E-state index is 0.0615. The Morgan fingerprint density at radius 1 is 1.42 bits per heavy atom. The van der Waals surface area contributed by atoms with Gasteiger partial charge in [0, 0.05) is 25.0 Å². The fraction of sp³-hybridized carbons (Fsp3) is 0.857. The molecular weight excluding hydrogens is 244 g/mol. The predicted molar refractivity (Wildman–Crippen MR) is 74.1 cm³/mol. The molecule has 0 radical (unpaired) electrons. The molecular formula is C14H26N2O3. The minimum Gasteiger partial charge on any atom is -0.481 e. The highest BCUT2D eigenvalue weighted by Crippen LogP contribution is 2.20. The molecule has 1 aliphatic heterocycles. The number of aliphatic carboxylic acids is 1. The van der Waals surface area contributed by atoms with Crippen molar-refractivity contribution in [2.24, 2.45) is 5.92 Å². The standard InChI is InChI=1S/C14H26N2O3/c1-4-11-6-5-9-16(10-11)13(19)15-14(2,3)8-7-12(17)18/h11H,4-10H2,1-3H3,(H,15,19)(H,17,18). The second kappa shape index (κ2) is 6.78. The number of hydrogen-bond acceptors (Lipinski definition) is 2. The zero-order valence-electron chi connectivity index (χ0n) is 12.2. The number of urea groups is 1. The summed E-state index contributed by atoms with van der Waals surface area (Å²) in [5.74, 6) is -0.229. The Kier molecular flexibility index (Phi) is 5.63. The first kappa shape index (κ1) is 15.8. The van der Waals surface area contributed by atoms with Gasteiger partial charge in [0.05, 0.1) is 0 Å². The van der Waals surface area contributed by atoms with Crippen LogP contribution in [-0.4, -0.2) is 40.6 Å². The molecule has 0 aromatic rings. The highest BCUT2D eigenvalue weighted by Gasteiger charge is 2.27. The van der Waals surface area contributed by atoms with Gasteiger partial charge >= 0.3 is 12.0 Å². The van der Waals surface area contributed by atoms with Gasteiger partial charge in [-0.1, -0.05) is 13.3 Å². The number of amides is 2. The number of hydrogen-bond donors (Lipinski definition) is 2. The van der Waals surface area contributed by atoms with E-state index in [1.807, 2.05) is 18.7 Å². The average molecular weight is 270 g/mol. The third-order valence-electron chi connectivity index (χ3n) is 3.79. The van der Waals surface area contributed by atoms with Crippen LogP contribution in [0.2, 0.25) is 0 Å². The van der Waals surface area contributed by atoms with Crippen LogP contribution in [-0.2, 0) is 4.79 Å². The van der Waals surface area contributed by atoms with Gasteiger partial charge in [0.1, 0.15) is 0 Å². The molecule has 1 heterocycles. The molecule has 19 heavy (non-hydrogen) atoms. The Morgan fingerprint density at radius 2 is 2.11 bits per heavy atom. The Balaban J connectivity index is 2.46. The molecule has 1 fully saturated rings. The third kappa shape index (κ3) is 5.49. The van der Waals surface area contributed by atoms with E-state index in [1.54, 1.807) is 0 Å². The number of nitrogens with zero attached hydrogens (tertiary/aromatic N) is 1. The van der Waals surface area contributed by atoms with Gasteiger partial charge < -0.3 is 15.3 Å². The van der Waals surface area contributed by atoms with Crippen LogP contribution in [0, 0.1) is 5.92 Å². The second-order valence-corrected chi connectivity index (χ2v) is 6.07. The Morgan fingerprint density at radius 3 is 2.68 bits per heavy atom. The molecule has 0 bridgehead atoms. The van der Waals surface area contributed by atoms with Gasteiger partial charge in [-0.15, -0.1) is 0 Å². The highest BCUT2D eigenvalue weighted by atomic mass is 16.4. The van der Waals surface area contributed by atoms with Gasteiger partial charge in [0.15, 0.2) is 0 Å². The molecule has 0 aliphatic carbocycles. The summed E-state index contributed by atoms with van der Waals surface area (Å²) in [7, 11) is 0. The molecule has 0 spiro atoms. The van der Waals surface area contributed by atoms with Gasteiger partial charge in [-0.05, 0) is 39.0 Å². The van der Waals surface area contributed by atoms with E-state index in [9.17, 15) is 9.59 Å². The summed E-state index contributed by atoms with van der Waals surface area (Å²) >= 11 is 0. The minimum atomic E-state index is -0.827. The van der Waals surface area contributed by atoms with Crippen LogP contribution in [0.5, 0.6) is 0 Å². The Labute approximate surface area is 115 Å². The van der Waals surface area contributed by atoms with Gasteiger partial charge in [-0.3, -0.25) is 4.79 Å². The summed E-state index contributed by atoms with van der Waals surface area (Å²) in [6.45, 7) is 7.52. The summed E-state index contributed by atoms with van der Waals surface area (Å²) in [5.41, 5.74) is -0.478. The van der Waals surface area contributed by atoms with Crippen LogP contribution >= 0.6 is 0 Å². The number of carbonyl (C=O) groups is 2. The lowest BCUT2D eigenvalue weighted by atomic mass is 9.95. The highest BCUT2D eigenvalue weighted by molar-refractivity contribution is 5.75. The van der Waals surface area contributed by atoms with E-state index >= 15 is 0 Å². The molecule has 1 aliphatic rings. The monoisotopic (exact) mass is 270 g/mol. The zero-order chi connectivity index (χ0) is 14.5. The summed E-state index contributed by atoms with van der Waals surface area (Å²) in [4.78, 5) is 24.6. The van der Waals surface area contributed by atoms with Crippen molar-refractivity contribution in [3.8, 4) is 0 Å². The fourth-order valence-electron chi connectivity index (χ4n) is 2.43. The van der Waals surface area contributed by atoms with Gasteiger partial charge in [-0.25, -0.2) is 4.79 Å². The van der Waals surface area contributed by atoms with E-state index in [0.717, 1.165) is 25.9 Å². The molecule has 5 heteroatoms. The lowest BCUT2D eigenvalue weighted by molar-refractivity contribution is -0.137. The maximum Gasteiger partial charge on any atom is 0.317 e. The quantitative estimate of drug-likeness (QED) is 0.806. The van der Waals surface area contributed by atoms with Crippen LogP contribution in [0.15, 0.2) is 0 Å². The number of carboxylic acids is 1. The van der Waals surface area contributed by atoms with E-state index < -0.39 is 11.5 Å². The third-order valence-corrected chi connectivity index (χ3v) is 3.79. The first-order valence-electron chi connectivity index (χ1n) is 7.13.